The molecule has 0 spiro atoms. The minimum atomic E-state index is -0.284. The summed E-state index contributed by atoms with van der Waals surface area (Å²) in [4.78, 5) is 6.42. The Hall–Kier alpha value is -2.11. The smallest absolute Gasteiger partial charge is 0.174 e. The van der Waals surface area contributed by atoms with E-state index in [1.54, 1.807) is 26.4 Å². The van der Waals surface area contributed by atoms with Crippen LogP contribution in [-0.4, -0.2) is 44.2 Å². The van der Waals surface area contributed by atoms with E-state index in [2.05, 4.69) is 4.98 Å². The minimum Gasteiger partial charge on any atom is -0.508 e. The second-order valence-corrected chi connectivity index (χ2v) is 4.73. The summed E-state index contributed by atoms with van der Waals surface area (Å²) in [6, 6.07) is 11.0. The number of likely N-dealkylation sites (N-methyl/N-ethyl adjacent to an activating group) is 1. The van der Waals surface area contributed by atoms with Crippen LogP contribution in [0.15, 0.2) is 42.6 Å². The quantitative estimate of drug-likeness (QED) is 0.828. The fourth-order valence-electron chi connectivity index (χ4n) is 2.00. The van der Waals surface area contributed by atoms with Crippen LogP contribution in [0, 0.1) is 0 Å². The van der Waals surface area contributed by atoms with Crippen LogP contribution in [0.1, 0.15) is 0 Å². The van der Waals surface area contributed by atoms with E-state index in [9.17, 15) is 5.11 Å². The Labute approximate surface area is 124 Å². The van der Waals surface area contributed by atoms with Crippen molar-refractivity contribution in [2.45, 2.75) is 6.29 Å². The minimum absolute atomic E-state index is 0.258. The van der Waals surface area contributed by atoms with Gasteiger partial charge in [-0.3, -0.25) is 0 Å². The van der Waals surface area contributed by atoms with Crippen LogP contribution in [0.5, 0.6) is 5.75 Å². The van der Waals surface area contributed by atoms with Crippen LogP contribution >= 0.6 is 0 Å². The van der Waals surface area contributed by atoms with E-state index in [4.69, 9.17) is 9.47 Å². The van der Waals surface area contributed by atoms with Crippen LogP contribution in [0.25, 0.3) is 11.1 Å². The molecular formula is C16H20N2O3. The maximum Gasteiger partial charge on any atom is 0.174 e. The Balaban J connectivity index is 2.09. The van der Waals surface area contributed by atoms with Crippen molar-refractivity contribution in [2.24, 2.45) is 0 Å². The third-order valence-electron chi connectivity index (χ3n) is 3.29. The summed E-state index contributed by atoms with van der Waals surface area (Å²) >= 11 is 0. The average Bonchev–Trinajstić information content (AvgIpc) is 2.53. The van der Waals surface area contributed by atoms with E-state index in [-0.39, 0.29) is 12.0 Å². The first-order valence-electron chi connectivity index (χ1n) is 6.66. The van der Waals surface area contributed by atoms with Gasteiger partial charge in [-0.15, -0.1) is 0 Å². The van der Waals surface area contributed by atoms with E-state index in [1.807, 2.05) is 42.4 Å². The Bertz CT molecular complexity index is 551. The Kier molecular flexibility index (Phi) is 5.14. The van der Waals surface area contributed by atoms with Crippen molar-refractivity contribution < 1.29 is 14.6 Å². The molecule has 112 valence electrons. The number of hydrogen-bond donors (Lipinski definition) is 1. The first-order chi connectivity index (χ1) is 10.1. The van der Waals surface area contributed by atoms with E-state index in [1.165, 1.54) is 0 Å². The lowest BCUT2D eigenvalue weighted by Crippen LogP contribution is -2.32. The van der Waals surface area contributed by atoms with Gasteiger partial charge in [-0.05, 0) is 29.8 Å². The van der Waals surface area contributed by atoms with E-state index >= 15 is 0 Å². The number of hydrogen-bond acceptors (Lipinski definition) is 5. The molecule has 0 bridgehead atoms. The van der Waals surface area contributed by atoms with Crippen molar-refractivity contribution in [3.8, 4) is 16.9 Å². The molecule has 0 aliphatic rings. The Morgan fingerprint density at radius 3 is 2.19 bits per heavy atom. The highest BCUT2D eigenvalue weighted by Gasteiger charge is 2.11. The molecule has 0 aliphatic carbocycles. The number of pyridine rings is 1. The van der Waals surface area contributed by atoms with Gasteiger partial charge in [-0.2, -0.15) is 0 Å². The van der Waals surface area contributed by atoms with Crippen LogP contribution in [0.2, 0.25) is 0 Å². The highest BCUT2D eigenvalue weighted by molar-refractivity contribution is 5.64. The number of rotatable bonds is 6. The maximum absolute atomic E-state index is 9.31. The third-order valence-corrected chi connectivity index (χ3v) is 3.29. The number of methoxy groups -OCH3 is 2. The molecule has 1 aromatic heterocycles. The summed E-state index contributed by atoms with van der Waals surface area (Å²) in [7, 11) is 5.17. The van der Waals surface area contributed by atoms with Gasteiger partial charge in [0.15, 0.2) is 6.29 Å². The summed E-state index contributed by atoms with van der Waals surface area (Å²) < 4.78 is 10.4. The van der Waals surface area contributed by atoms with Gasteiger partial charge in [0.25, 0.3) is 0 Å². The average molecular weight is 288 g/mol. The maximum atomic E-state index is 9.31. The Morgan fingerprint density at radius 2 is 1.67 bits per heavy atom. The van der Waals surface area contributed by atoms with Crippen molar-refractivity contribution in [3.63, 3.8) is 0 Å². The molecule has 0 amide bonds. The van der Waals surface area contributed by atoms with E-state index in [0.29, 0.717) is 6.54 Å². The van der Waals surface area contributed by atoms with Gasteiger partial charge in [0.1, 0.15) is 11.6 Å². The predicted octanol–water partition coefficient (Wildman–Crippen LogP) is 2.51. The summed E-state index contributed by atoms with van der Waals surface area (Å²) in [6.45, 7) is 0.596. The number of anilines is 1. The van der Waals surface area contributed by atoms with Gasteiger partial charge >= 0.3 is 0 Å². The van der Waals surface area contributed by atoms with Gasteiger partial charge in [-0.1, -0.05) is 12.1 Å². The second-order valence-electron chi connectivity index (χ2n) is 4.73. The van der Waals surface area contributed by atoms with Crippen molar-refractivity contribution in [3.05, 3.63) is 42.6 Å². The Morgan fingerprint density at radius 1 is 1.05 bits per heavy atom. The van der Waals surface area contributed by atoms with E-state index < -0.39 is 0 Å². The van der Waals surface area contributed by atoms with Crippen LogP contribution in [0.3, 0.4) is 0 Å². The monoisotopic (exact) mass is 288 g/mol. The number of phenols is 1. The molecule has 0 atom stereocenters. The SMILES string of the molecule is COC(CN(C)c1ccc(-c2ccc(O)cc2)cn1)OC. The summed E-state index contributed by atoms with van der Waals surface area (Å²) in [5, 5.41) is 9.31. The molecular weight excluding hydrogens is 268 g/mol. The van der Waals surface area contributed by atoms with Gasteiger partial charge in [0.05, 0.1) is 6.54 Å². The molecule has 2 rings (SSSR count). The summed E-state index contributed by atoms with van der Waals surface area (Å²) in [6.07, 6.45) is 1.53. The number of aromatic nitrogens is 1. The van der Waals surface area contributed by atoms with Crippen molar-refractivity contribution in [1.29, 1.82) is 0 Å². The first kappa shape index (κ1) is 15.3. The van der Waals surface area contributed by atoms with Crippen molar-refractivity contribution in [1.82, 2.24) is 4.98 Å². The molecule has 2 aromatic rings. The van der Waals surface area contributed by atoms with Crippen molar-refractivity contribution >= 4 is 5.82 Å². The standard InChI is InChI=1S/C16H20N2O3/c1-18(11-16(20-2)21-3)15-9-6-13(10-17-15)12-4-7-14(19)8-5-12/h4-10,16,19H,11H2,1-3H3. The van der Waals surface area contributed by atoms with Gasteiger partial charge in [0, 0.05) is 33.0 Å². The number of aromatic hydroxyl groups is 1. The predicted molar refractivity (Wildman–Crippen MR) is 82.4 cm³/mol. The fourth-order valence-corrected chi connectivity index (χ4v) is 2.00. The number of nitrogens with zero attached hydrogens (tertiary/aromatic N) is 2. The zero-order valence-corrected chi connectivity index (χ0v) is 12.5. The van der Waals surface area contributed by atoms with Crippen LogP contribution in [-0.2, 0) is 9.47 Å². The third kappa shape index (κ3) is 3.93. The molecule has 5 heteroatoms. The first-order valence-corrected chi connectivity index (χ1v) is 6.66. The van der Waals surface area contributed by atoms with Crippen molar-refractivity contribution in [2.75, 3.05) is 32.7 Å². The van der Waals surface area contributed by atoms with Gasteiger partial charge in [-0.25, -0.2) is 4.98 Å². The molecule has 1 aromatic carbocycles. The normalized spacial score (nSPS) is 10.9. The molecule has 21 heavy (non-hydrogen) atoms. The molecule has 0 radical (unpaired) electrons. The highest BCUT2D eigenvalue weighted by Crippen LogP contribution is 2.22. The molecule has 0 saturated heterocycles. The zero-order valence-electron chi connectivity index (χ0n) is 12.5. The molecule has 5 nitrogen and oxygen atoms in total. The van der Waals surface area contributed by atoms with Gasteiger partial charge in [0.2, 0.25) is 0 Å². The molecule has 0 unspecified atom stereocenters. The van der Waals surface area contributed by atoms with Gasteiger partial charge < -0.3 is 19.5 Å². The molecule has 0 aliphatic heterocycles. The van der Waals surface area contributed by atoms with E-state index in [0.717, 1.165) is 16.9 Å². The number of phenolic OH excluding ortho intramolecular Hbond substituents is 1. The second kappa shape index (κ2) is 7.06. The largest absolute Gasteiger partial charge is 0.508 e. The summed E-state index contributed by atoms with van der Waals surface area (Å²) in [5.74, 6) is 1.10. The van der Waals surface area contributed by atoms with Crippen LogP contribution < -0.4 is 4.90 Å². The topological polar surface area (TPSA) is 54.8 Å². The molecule has 1 heterocycles. The summed E-state index contributed by atoms with van der Waals surface area (Å²) in [5.41, 5.74) is 2.02. The number of benzene rings is 1. The molecule has 0 fully saturated rings. The fraction of sp³-hybridized carbons (Fsp3) is 0.312. The molecule has 0 saturated carbocycles. The van der Waals surface area contributed by atoms with Crippen LogP contribution in [0.4, 0.5) is 5.82 Å². The highest BCUT2D eigenvalue weighted by atomic mass is 16.7. The lowest BCUT2D eigenvalue weighted by atomic mass is 10.1. The number of ether oxygens (including phenoxy) is 2. The zero-order chi connectivity index (χ0) is 15.2. The molecule has 1 N–H and O–H groups in total. The lowest BCUT2D eigenvalue weighted by Gasteiger charge is -2.23. The lowest BCUT2D eigenvalue weighted by molar-refractivity contribution is -0.0944.